The van der Waals surface area contributed by atoms with Crippen LogP contribution in [0.3, 0.4) is 0 Å². The normalized spacial score (nSPS) is 9.33. The van der Waals surface area contributed by atoms with E-state index in [9.17, 15) is 4.79 Å². The van der Waals surface area contributed by atoms with Crippen molar-refractivity contribution in [3.63, 3.8) is 0 Å². The smallest absolute Gasteiger partial charge is 0.219 e. The number of carbonyl (C=O) groups is 1. The summed E-state index contributed by atoms with van der Waals surface area (Å²) in [6.45, 7) is 0.534. The van der Waals surface area contributed by atoms with Crippen molar-refractivity contribution in [3.05, 3.63) is 24.4 Å². The first-order chi connectivity index (χ1) is 5.79. The summed E-state index contributed by atoms with van der Waals surface area (Å²) in [7, 11) is 0. The van der Waals surface area contributed by atoms with Crippen LogP contribution in [0, 0.1) is 0 Å². The molecule has 0 saturated heterocycles. The number of amides is 1. The molecule has 0 saturated carbocycles. The molecule has 0 fully saturated rings. The fourth-order valence-electron chi connectivity index (χ4n) is 0.781. The fraction of sp³-hybridized carbons (Fsp3) is 0.250. The van der Waals surface area contributed by atoms with Crippen LogP contribution in [0.1, 0.15) is 6.42 Å². The van der Waals surface area contributed by atoms with E-state index < -0.39 is 0 Å². The van der Waals surface area contributed by atoms with Gasteiger partial charge in [-0.25, -0.2) is 4.98 Å². The summed E-state index contributed by atoms with van der Waals surface area (Å²) in [6, 6.07) is 5.54. The predicted octanol–water partition coefficient (Wildman–Crippen LogP) is 0.369. The van der Waals surface area contributed by atoms with Gasteiger partial charge in [0.2, 0.25) is 5.91 Å². The van der Waals surface area contributed by atoms with E-state index in [1.54, 1.807) is 6.20 Å². The Morgan fingerprint density at radius 1 is 1.58 bits per heavy atom. The fourth-order valence-corrected chi connectivity index (χ4v) is 0.781. The standard InChI is InChI=1S/C8H11N3O/c9-7(12)4-6-11-8-3-1-2-5-10-8/h1-3,5H,4,6H2,(H2,9,12)(H,10,11). The summed E-state index contributed by atoms with van der Waals surface area (Å²) >= 11 is 0. The molecule has 0 spiro atoms. The number of aromatic nitrogens is 1. The summed E-state index contributed by atoms with van der Waals surface area (Å²) in [6.07, 6.45) is 2.02. The van der Waals surface area contributed by atoms with Gasteiger partial charge in [0.1, 0.15) is 5.82 Å². The molecule has 1 amide bonds. The second kappa shape index (κ2) is 4.33. The number of pyridine rings is 1. The Kier molecular flexibility index (Phi) is 3.07. The Morgan fingerprint density at radius 2 is 2.42 bits per heavy atom. The Hall–Kier alpha value is -1.58. The first kappa shape index (κ1) is 8.52. The highest BCUT2D eigenvalue weighted by Crippen LogP contribution is 1.98. The Balaban J connectivity index is 2.29. The van der Waals surface area contributed by atoms with Crippen molar-refractivity contribution < 1.29 is 4.79 Å². The average molecular weight is 165 g/mol. The van der Waals surface area contributed by atoms with Crippen LogP contribution in [0.4, 0.5) is 5.82 Å². The van der Waals surface area contributed by atoms with Gasteiger partial charge in [-0.05, 0) is 12.1 Å². The third kappa shape index (κ3) is 3.01. The van der Waals surface area contributed by atoms with Gasteiger partial charge in [-0.3, -0.25) is 4.79 Å². The van der Waals surface area contributed by atoms with Gasteiger partial charge in [0.05, 0.1) is 0 Å². The minimum Gasteiger partial charge on any atom is -0.370 e. The molecule has 0 aliphatic heterocycles. The maximum atomic E-state index is 10.4. The first-order valence-electron chi connectivity index (χ1n) is 3.72. The SMILES string of the molecule is NC(=O)CCNc1ccccn1. The van der Waals surface area contributed by atoms with E-state index >= 15 is 0 Å². The lowest BCUT2D eigenvalue weighted by molar-refractivity contribution is -0.117. The van der Waals surface area contributed by atoms with Crippen molar-refractivity contribution in [2.24, 2.45) is 5.73 Å². The van der Waals surface area contributed by atoms with Crippen molar-refractivity contribution in [1.82, 2.24) is 4.98 Å². The highest BCUT2D eigenvalue weighted by molar-refractivity contribution is 5.74. The molecule has 1 aromatic rings. The molecule has 1 heterocycles. The molecule has 1 aromatic heterocycles. The Labute approximate surface area is 70.8 Å². The van der Waals surface area contributed by atoms with Gasteiger partial charge in [-0.1, -0.05) is 6.07 Å². The Bertz CT molecular complexity index is 248. The lowest BCUT2D eigenvalue weighted by Crippen LogP contribution is -2.16. The molecule has 0 aromatic carbocycles. The minimum atomic E-state index is -0.307. The highest BCUT2D eigenvalue weighted by atomic mass is 16.1. The number of rotatable bonds is 4. The number of nitrogens with zero attached hydrogens (tertiary/aromatic N) is 1. The molecule has 0 bridgehead atoms. The van der Waals surface area contributed by atoms with Crippen molar-refractivity contribution in [3.8, 4) is 0 Å². The summed E-state index contributed by atoms with van der Waals surface area (Å²) in [5, 5.41) is 2.96. The van der Waals surface area contributed by atoms with E-state index in [-0.39, 0.29) is 5.91 Å². The number of nitrogens with one attached hydrogen (secondary N) is 1. The van der Waals surface area contributed by atoms with Crippen LogP contribution in [-0.4, -0.2) is 17.4 Å². The van der Waals surface area contributed by atoms with Crippen LogP contribution >= 0.6 is 0 Å². The molecule has 0 aliphatic carbocycles. The molecule has 4 heteroatoms. The number of nitrogens with two attached hydrogens (primary N) is 1. The van der Waals surface area contributed by atoms with Gasteiger partial charge in [0, 0.05) is 19.2 Å². The number of carbonyl (C=O) groups excluding carboxylic acids is 1. The van der Waals surface area contributed by atoms with Gasteiger partial charge in [0.25, 0.3) is 0 Å². The van der Waals surface area contributed by atoms with Gasteiger partial charge in [0.15, 0.2) is 0 Å². The Morgan fingerprint density at radius 3 is 3.00 bits per heavy atom. The molecule has 1 rings (SSSR count). The number of hydrogen-bond acceptors (Lipinski definition) is 3. The highest BCUT2D eigenvalue weighted by Gasteiger charge is 1.93. The average Bonchev–Trinajstić information content (AvgIpc) is 2.05. The second-order valence-electron chi connectivity index (χ2n) is 2.36. The topological polar surface area (TPSA) is 68.0 Å². The summed E-state index contributed by atoms with van der Waals surface area (Å²) in [5.74, 6) is 0.456. The van der Waals surface area contributed by atoms with E-state index in [1.165, 1.54) is 0 Å². The van der Waals surface area contributed by atoms with E-state index in [0.29, 0.717) is 13.0 Å². The molecule has 4 nitrogen and oxygen atoms in total. The second-order valence-corrected chi connectivity index (χ2v) is 2.36. The molecular weight excluding hydrogens is 154 g/mol. The number of primary amides is 1. The van der Waals surface area contributed by atoms with Crippen LogP contribution in [0.15, 0.2) is 24.4 Å². The molecule has 3 N–H and O–H groups in total. The lowest BCUT2D eigenvalue weighted by atomic mass is 10.4. The van der Waals surface area contributed by atoms with Crippen molar-refractivity contribution in [1.29, 1.82) is 0 Å². The maximum Gasteiger partial charge on any atom is 0.219 e. The van der Waals surface area contributed by atoms with E-state index in [1.807, 2.05) is 18.2 Å². The van der Waals surface area contributed by atoms with Gasteiger partial charge in [-0.15, -0.1) is 0 Å². The first-order valence-corrected chi connectivity index (χ1v) is 3.72. The zero-order valence-electron chi connectivity index (χ0n) is 6.66. The summed E-state index contributed by atoms with van der Waals surface area (Å²) < 4.78 is 0. The molecule has 0 aliphatic rings. The molecule has 0 radical (unpaired) electrons. The number of hydrogen-bond donors (Lipinski definition) is 2. The lowest BCUT2D eigenvalue weighted by Gasteiger charge is -2.01. The van der Waals surface area contributed by atoms with E-state index in [0.717, 1.165) is 5.82 Å². The zero-order valence-corrected chi connectivity index (χ0v) is 6.66. The maximum absolute atomic E-state index is 10.4. The third-order valence-corrected chi connectivity index (χ3v) is 1.34. The molecule has 12 heavy (non-hydrogen) atoms. The number of anilines is 1. The predicted molar refractivity (Wildman–Crippen MR) is 46.5 cm³/mol. The van der Waals surface area contributed by atoms with E-state index in [4.69, 9.17) is 5.73 Å². The quantitative estimate of drug-likeness (QED) is 0.677. The van der Waals surface area contributed by atoms with Crippen molar-refractivity contribution in [2.45, 2.75) is 6.42 Å². The minimum absolute atomic E-state index is 0.307. The van der Waals surface area contributed by atoms with Crippen LogP contribution in [0.5, 0.6) is 0 Å². The van der Waals surface area contributed by atoms with Gasteiger partial charge in [-0.2, -0.15) is 0 Å². The van der Waals surface area contributed by atoms with Crippen LogP contribution in [0.25, 0.3) is 0 Å². The van der Waals surface area contributed by atoms with Gasteiger partial charge >= 0.3 is 0 Å². The van der Waals surface area contributed by atoms with Crippen molar-refractivity contribution >= 4 is 11.7 Å². The summed E-state index contributed by atoms with van der Waals surface area (Å²) in [5.41, 5.74) is 4.96. The van der Waals surface area contributed by atoms with Crippen LogP contribution < -0.4 is 11.1 Å². The van der Waals surface area contributed by atoms with Crippen molar-refractivity contribution in [2.75, 3.05) is 11.9 Å². The molecular formula is C8H11N3O. The monoisotopic (exact) mass is 165 g/mol. The molecule has 0 atom stereocenters. The summed E-state index contributed by atoms with van der Waals surface area (Å²) in [4.78, 5) is 14.4. The van der Waals surface area contributed by atoms with Gasteiger partial charge < -0.3 is 11.1 Å². The van der Waals surface area contributed by atoms with Crippen LogP contribution in [-0.2, 0) is 4.79 Å². The molecule has 0 unspecified atom stereocenters. The molecule has 64 valence electrons. The van der Waals surface area contributed by atoms with Crippen LogP contribution in [0.2, 0.25) is 0 Å². The third-order valence-electron chi connectivity index (χ3n) is 1.34. The van der Waals surface area contributed by atoms with E-state index in [2.05, 4.69) is 10.3 Å². The zero-order chi connectivity index (χ0) is 8.81. The largest absolute Gasteiger partial charge is 0.370 e.